The Morgan fingerprint density at radius 1 is 0.357 bits per heavy atom. The predicted molar refractivity (Wildman–Crippen MR) is 449 cm³/mol. The van der Waals surface area contributed by atoms with Gasteiger partial charge in [-0.05, 0) is 114 Å². The molecule has 19 unspecified atom stereocenters. The monoisotopic (exact) mass is 1550 g/mol. The Morgan fingerprint density at radius 2 is 0.678 bits per heavy atom. The molecule has 11 rings (SSSR count). The highest BCUT2D eigenvalue weighted by Crippen LogP contribution is 2.53. The minimum Gasteiger partial charge on any atom is -0.481 e. The van der Waals surface area contributed by atoms with Gasteiger partial charge in [-0.2, -0.15) is 0 Å². The van der Waals surface area contributed by atoms with E-state index in [1.54, 1.807) is 197 Å². The first-order valence-corrected chi connectivity index (χ1v) is 39.0. The van der Waals surface area contributed by atoms with Crippen molar-refractivity contribution in [3.63, 3.8) is 0 Å². The summed E-state index contributed by atoms with van der Waals surface area (Å²) in [6.07, 6.45) is -5.72. The van der Waals surface area contributed by atoms with E-state index in [1.165, 1.54) is 6.92 Å². The van der Waals surface area contributed by atoms with Gasteiger partial charge in [-0.25, -0.2) is 0 Å². The van der Waals surface area contributed by atoms with Crippen LogP contribution in [0.15, 0.2) is 334 Å². The lowest BCUT2D eigenvalue weighted by Crippen LogP contribution is -2.66. The molecule has 16 N–H and O–H groups in total. The highest BCUT2D eigenvalue weighted by atomic mass is 16.4. The summed E-state index contributed by atoms with van der Waals surface area (Å²) in [6, 6.07) is 96.4. The molecule has 0 aliphatic heterocycles. The van der Waals surface area contributed by atoms with Crippen LogP contribution >= 0.6 is 0 Å². The molecule has 17 nitrogen and oxygen atoms in total. The smallest absolute Gasteiger partial charge is 0.315 e. The van der Waals surface area contributed by atoms with Crippen LogP contribution < -0.4 is 22.9 Å². The van der Waals surface area contributed by atoms with Gasteiger partial charge in [0.25, 0.3) is 0 Å². The van der Waals surface area contributed by atoms with Crippen molar-refractivity contribution in [2.24, 2.45) is 34.8 Å². The molecular formula is C98H106N4O13. The molecule has 17 heteroatoms. The molecule has 115 heavy (non-hydrogen) atoms. The number of carboxylic acids is 4. The number of hydrogen-bond acceptors (Lipinski definition) is 12. The molecule has 0 aromatic heterocycles. The second kappa shape index (κ2) is 39.0. The maximum atomic E-state index is 14.8. The van der Waals surface area contributed by atoms with E-state index in [4.69, 9.17) is 22.9 Å². The number of benzene rings is 11. The van der Waals surface area contributed by atoms with Crippen molar-refractivity contribution >= 4 is 29.8 Å². The molecule has 0 spiro atoms. The van der Waals surface area contributed by atoms with E-state index in [0.29, 0.717) is 34.2 Å². The molecule has 0 fully saturated rings. The highest BCUT2D eigenvalue weighted by molar-refractivity contribution is 5.88. The van der Waals surface area contributed by atoms with E-state index in [2.05, 4.69) is 0 Å². The molecule has 0 bridgehead atoms. The number of carboxylic acid groups (broad SMARTS) is 4. The molecule has 11 aromatic carbocycles. The van der Waals surface area contributed by atoms with Crippen LogP contribution in [0.2, 0.25) is 0 Å². The molecule has 19 atom stereocenters. The fraction of sp³-hybridized carbons (Fsp3) is 0.276. The van der Waals surface area contributed by atoms with Crippen molar-refractivity contribution < 1.29 is 64.8 Å². The first-order valence-electron chi connectivity index (χ1n) is 39.0. The largest absolute Gasteiger partial charge is 0.481 e. The number of aliphatic carboxylic acids is 4. The minimum absolute atomic E-state index is 0.0292. The molecule has 11 aromatic rings. The lowest BCUT2D eigenvalue weighted by atomic mass is 9.56. The fourth-order valence-corrected chi connectivity index (χ4v) is 17.7. The van der Waals surface area contributed by atoms with Gasteiger partial charge in [0.05, 0.1) is 52.6 Å². The summed E-state index contributed by atoms with van der Waals surface area (Å²) in [4.78, 5) is 68.9. The maximum Gasteiger partial charge on any atom is 0.315 e. The Kier molecular flexibility index (Phi) is 29.1. The van der Waals surface area contributed by atoms with Crippen molar-refractivity contribution in [1.29, 1.82) is 0 Å². The third kappa shape index (κ3) is 19.1. The minimum atomic E-state index is -2.29. The summed E-state index contributed by atoms with van der Waals surface area (Å²) in [5, 5.41) is 95.3. The molecule has 0 heterocycles. The molecule has 0 aliphatic carbocycles. The Balaban J connectivity index is 0.000000249. The fourth-order valence-electron chi connectivity index (χ4n) is 17.7. The average molecular weight is 1550 g/mol. The molecule has 0 radical (unpaired) electrons. The number of aliphatic hydroxyl groups is 4. The van der Waals surface area contributed by atoms with Crippen LogP contribution in [0.1, 0.15) is 156 Å². The van der Waals surface area contributed by atoms with Crippen LogP contribution in [0.3, 0.4) is 0 Å². The van der Waals surface area contributed by atoms with Crippen molar-refractivity contribution in [2.75, 3.05) is 0 Å². The Hall–Kier alpha value is -11.5. The average Bonchev–Trinajstić information content (AvgIpc) is 0.720. The van der Waals surface area contributed by atoms with Gasteiger partial charge in [-0.1, -0.05) is 341 Å². The van der Waals surface area contributed by atoms with Gasteiger partial charge in [0.15, 0.2) is 0 Å². The summed E-state index contributed by atoms with van der Waals surface area (Å²) in [5.74, 6) is -13.2. The summed E-state index contributed by atoms with van der Waals surface area (Å²) in [6.45, 7) is 6.59. The van der Waals surface area contributed by atoms with Gasteiger partial charge in [-0.15, -0.1) is 0 Å². The number of carbonyl (C=O) groups excluding carboxylic acids is 1. The maximum absolute atomic E-state index is 14.8. The number of rotatable bonds is 37. The van der Waals surface area contributed by atoms with Crippen LogP contribution in [0.5, 0.6) is 0 Å². The first kappa shape index (κ1) is 85.9. The van der Waals surface area contributed by atoms with Gasteiger partial charge in [-0.3, -0.25) is 24.0 Å². The summed E-state index contributed by atoms with van der Waals surface area (Å²) < 4.78 is 0. The van der Waals surface area contributed by atoms with Crippen LogP contribution in [0, 0.1) is 11.8 Å². The zero-order valence-corrected chi connectivity index (χ0v) is 65.2. The number of carbonyl (C=O) groups is 5. The third-order valence-corrected chi connectivity index (χ3v) is 24.0. The quantitative estimate of drug-likeness (QED) is 0.0172. The van der Waals surface area contributed by atoms with E-state index in [-0.39, 0.29) is 24.0 Å². The molecule has 0 saturated heterocycles. The van der Waals surface area contributed by atoms with Crippen LogP contribution in [0.4, 0.5) is 0 Å². The lowest BCUT2D eigenvalue weighted by molar-refractivity contribution is -0.150. The standard InChI is InChI=1S/C53H58N4O7.C45H48O6/c1-34(54)41(35-21-9-3-10-22-35)44(47(59)60)42(36-23-11-4-12-24-36)45(58)43(37-25-13-5-14-26-37)46(55)52(50(63)64,39-29-17-7-18-30-39)33-53(57,40-31-19-8-20-32-40)48(61)51(2,49(56)62)38-27-15-6-16-28-38;1-31(43(48)49)38(33-18-8-3-9-19-33)28-39(34-20-10-4-11-21-34)42(47)41(36-24-14-6-15-25-36)30-45(44(50)51,37-26-16-7-17-27-37)29-40(32(2)46)35-22-12-5-13-23-35/h3-32,34,41-46,48,58,61H,33,54-55,57H2,1-2H3,(H2,56,62)(H,59,60)(H,63,64);3-27,31-32,38-42,46-47H,28-30H2,1-2H3,(H,48,49)(H,50,51). The van der Waals surface area contributed by atoms with Crippen molar-refractivity contribution in [3.8, 4) is 0 Å². The van der Waals surface area contributed by atoms with Crippen LogP contribution in [-0.4, -0.2) is 107 Å². The zero-order valence-electron chi connectivity index (χ0n) is 65.2. The summed E-state index contributed by atoms with van der Waals surface area (Å²) >= 11 is 0. The number of primary amides is 1. The Labute approximate surface area is 673 Å². The van der Waals surface area contributed by atoms with Gasteiger partial charge in [0, 0.05) is 47.6 Å². The molecule has 1 amide bonds. The van der Waals surface area contributed by atoms with E-state index in [9.17, 15) is 64.8 Å². The molecular weight excluding hydrogens is 1440 g/mol. The van der Waals surface area contributed by atoms with Gasteiger partial charge < -0.3 is 63.8 Å². The van der Waals surface area contributed by atoms with Gasteiger partial charge in [0.1, 0.15) is 5.41 Å². The van der Waals surface area contributed by atoms with Crippen molar-refractivity contribution in [1.82, 2.24) is 0 Å². The zero-order chi connectivity index (χ0) is 82.6. The number of aliphatic hydroxyl groups excluding tert-OH is 4. The lowest BCUT2D eigenvalue weighted by Gasteiger charge is -2.51. The SMILES string of the molecule is CC(N)C(c1ccccc1)C(C(=O)O)C(c1ccccc1)C(O)C(c1ccccc1)C(N)C(CC(N)(c1ccccc1)C(O)C(C)(C(N)=O)c1ccccc1)(C(=O)O)c1ccccc1.CC(O)C(CC(CC(c1ccccc1)C(O)C(CC(c1ccccc1)C(C)C(=O)O)c1ccccc1)(C(=O)O)c1ccccc1)c1ccccc1. The van der Waals surface area contributed by atoms with E-state index < -0.39 is 148 Å². The number of amides is 1. The van der Waals surface area contributed by atoms with Crippen molar-refractivity contribution in [2.45, 2.75) is 153 Å². The molecule has 596 valence electrons. The third-order valence-electron chi connectivity index (χ3n) is 24.0. The van der Waals surface area contributed by atoms with Crippen molar-refractivity contribution in [3.05, 3.63) is 395 Å². The second-order valence-corrected chi connectivity index (χ2v) is 30.9. The van der Waals surface area contributed by atoms with E-state index in [1.807, 2.05) is 158 Å². The summed E-state index contributed by atoms with van der Waals surface area (Å²) in [7, 11) is 0. The second-order valence-electron chi connectivity index (χ2n) is 30.9. The van der Waals surface area contributed by atoms with Crippen LogP contribution in [0.25, 0.3) is 0 Å². The van der Waals surface area contributed by atoms with Crippen LogP contribution in [-0.2, 0) is 45.8 Å². The molecule has 0 aliphatic rings. The number of hydrogen-bond donors (Lipinski definition) is 12. The topological polar surface area (TPSA) is 351 Å². The Bertz CT molecular complexity index is 4860. The Morgan fingerprint density at radius 3 is 1.03 bits per heavy atom. The summed E-state index contributed by atoms with van der Waals surface area (Å²) in [5.41, 5.74) is 26.5. The highest BCUT2D eigenvalue weighted by Gasteiger charge is 2.61. The normalized spacial score (nSPS) is 17.6. The van der Waals surface area contributed by atoms with E-state index >= 15 is 0 Å². The van der Waals surface area contributed by atoms with E-state index in [0.717, 1.165) is 22.3 Å². The molecule has 0 saturated carbocycles. The predicted octanol–water partition coefficient (Wildman–Crippen LogP) is 14.9. The van der Waals surface area contributed by atoms with Gasteiger partial charge >= 0.3 is 23.9 Å². The number of nitrogens with two attached hydrogens (primary N) is 4. The first-order chi connectivity index (χ1) is 55.2. The van der Waals surface area contributed by atoms with Gasteiger partial charge in [0.2, 0.25) is 5.91 Å².